The van der Waals surface area contributed by atoms with Crippen LogP contribution in [0.25, 0.3) is 0 Å². The highest BCUT2D eigenvalue weighted by atomic mass is 35.5. The highest BCUT2D eigenvalue weighted by molar-refractivity contribution is 6.64. The zero-order chi connectivity index (χ0) is 11.4. The molecule has 1 aromatic carbocycles. The van der Waals surface area contributed by atoms with Gasteiger partial charge in [-0.2, -0.15) is 0 Å². The maximum Gasteiger partial charge on any atom is 0.229 e. The maximum absolute atomic E-state index is 11.6. The van der Waals surface area contributed by atoms with E-state index in [2.05, 4.69) is 0 Å². The van der Waals surface area contributed by atoms with E-state index in [9.17, 15) is 4.79 Å². The summed E-state index contributed by atoms with van der Waals surface area (Å²) < 4.78 is 0. The molecule has 1 saturated carbocycles. The molecule has 1 aromatic rings. The molecule has 0 saturated heterocycles. The highest BCUT2D eigenvalue weighted by Gasteiger charge is 2.29. The summed E-state index contributed by atoms with van der Waals surface area (Å²) in [4.78, 5) is 11.6. The third kappa shape index (κ3) is 2.65. The summed E-state index contributed by atoms with van der Waals surface area (Å²) in [5, 5.41) is -0.196. The lowest BCUT2D eigenvalue weighted by molar-refractivity contribution is -0.114. The predicted octanol–water partition coefficient (Wildman–Crippen LogP) is 4.12. The van der Waals surface area contributed by atoms with Crippen LogP contribution in [0.5, 0.6) is 0 Å². The van der Waals surface area contributed by atoms with Crippen molar-refractivity contribution in [3.63, 3.8) is 0 Å². The van der Waals surface area contributed by atoms with Crippen molar-refractivity contribution in [2.24, 2.45) is 5.92 Å². The summed E-state index contributed by atoms with van der Waals surface area (Å²) in [6.45, 7) is 0. The molecule has 0 radical (unpaired) electrons. The standard InChI is InChI=1S/C14H17ClO/c15-14(16)13(11-7-3-1-4-8-11)12-9-5-2-6-10-12/h1,3-4,7-8,12-13H,2,5-6,9-10H2. The highest BCUT2D eigenvalue weighted by Crippen LogP contribution is 2.37. The van der Waals surface area contributed by atoms with Crippen LogP contribution in [-0.4, -0.2) is 5.24 Å². The Balaban J connectivity index is 2.20. The molecule has 1 atom stereocenters. The van der Waals surface area contributed by atoms with Crippen LogP contribution >= 0.6 is 11.6 Å². The van der Waals surface area contributed by atoms with E-state index in [1.54, 1.807) is 0 Å². The predicted molar refractivity (Wildman–Crippen MR) is 66.6 cm³/mol. The first-order valence-electron chi connectivity index (χ1n) is 6.03. The van der Waals surface area contributed by atoms with Crippen LogP contribution in [-0.2, 0) is 4.79 Å². The molecule has 0 spiro atoms. The fraction of sp³-hybridized carbons (Fsp3) is 0.500. The number of carbonyl (C=O) groups excluding carboxylic acids is 1. The van der Waals surface area contributed by atoms with Crippen molar-refractivity contribution in [1.82, 2.24) is 0 Å². The van der Waals surface area contributed by atoms with Gasteiger partial charge in [-0.3, -0.25) is 4.79 Å². The van der Waals surface area contributed by atoms with Crippen LogP contribution < -0.4 is 0 Å². The van der Waals surface area contributed by atoms with Crippen molar-refractivity contribution in [2.75, 3.05) is 0 Å². The van der Waals surface area contributed by atoms with Gasteiger partial charge < -0.3 is 0 Å². The maximum atomic E-state index is 11.6. The minimum absolute atomic E-state index is 0.0943. The average Bonchev–Trinajstić information content (AvgIpc) is 2.31. The van der Waals surface area contributed by atoms with Crippen LogP contribution in [0.1, 0.15) is 43.6 Å². The Bertz CT molecular complexity index is 341. The molecule has 1 nitrogen and oxygen atoms in total. The van der Waals surface area contributed by atoms with Crippen LogP contribution in [0, 0.1) is 5.92 Å². The minimum atomic E-state index is -0.196. The van der Waals surface area contributed by atoms with Crippen LogP contribution in [0.2, 0.25) is 0 Å². The molecule has 0 heterocycles. The van der Waals surface area contributed by atoms with E-state index < -0.39 is 0 Å². The number of carbonyl (C=O) groups is 1. The SMILES string of the molecule is O=C(Cl)C(c1ccccc1)C1CCCCC1. The average molecular weight is 237 g/mol. The molecule has 0 aliphatic heterocycles. The van der Waals surface area contributed by atoms with Gasteiger partial charge in [0.25, 0.3) is 0 Å². The quantitative estimate of drug-likeness (QED) is 0.722. The van der Waals surface area contributed by atoms with E-state index in [-0.39, 0.29) is 11.2 Å². The summed E-state index contributed by atoms with van der Waals surface area (Å²) in [7, 11) is 0. The third-order valence-corrected chi connectivity index (χ3v) is 3.76. The number of benzene rings is 1. The second-order valence-corrected chi connectivity index (χ2v) is 4.96. The molecule has 16 heavy (non-hydrogen) atoms. The number of rotatable bonds is 3. The molecule has 86 valence electrons. The van der Waals surface area contributed by atoms with Gasteiger partial charge in [-0.25, -0.2) is 0 Å². The van der Waals surface area contributed by atoms with Crippen molar-refractivity contribution >= 4 is 16.8 Å². The first kappa shape index (κ1) is 11.7. The molecule has 2 heteroatoms. The molecule has 2 rings (SSSR count). The van der Waals surface area contributed by atoms with Gasteiger partial charge in [-0.15, -0.1) is 0 Å². The van der Waals surface area contributed by atoms with Gasteiger partial charge in [0, 0.05) is 0 Å². The van der Waals surface area contributed by atoms with Crippen LogP contribution in [0.4, 0.5) is 0 Å². The zero-order valence-corrected chi connectivity index (χ0v) is 10.1. The summed E-state index contributed by atoms with van der Waals surface area (Å²) in [6.07, 6.45) is 6.04. The van der Waals surface area contributed by atoms with E-state index in [0.29, 0.717) is 5.92 Å². The van der Waals surface area contributed by atoms with E-state index in [1.165, 1.54) is 19.3 Å². The Morgan fingerprint density at radius 1 is 1.12 bits per heavy atom. The Morgan fingerprint density at radius 3 is 2.31 bits per heavy atom. The topological polar surface area (TPSA) is 17.1 Å². The van der Waals surface area contributed by atoms with E-state index in [1.807, 2.05) is 30.3 Å². The Kier molecular flexibility index (Phi) is 4.00. The van der Waals surface area contributed by atoms with Crippen LogP contribution in [0.3, 0.4) is 0 Å². The molecule has 0 aromatic heterocycles. The smallest absolute Gasteiger partial charge is 0.229 e. The molecule has 0 N–H and O–H groups in total. The van der Waals surface area contributed by atoms with Crippen molar-refractivity contribution in [2.45, 2.75) is 38.0 Å². The van der Waals surface area contributed by atoms with Crippen LogP contribution in [0.15, 0.2) is 30.3 Å². The Hall–Kier alpha value is -0.820. The van der Waals surface area contributed by atoms with Gasteiger partial charge >= 0.3 is 0 Å². The van der Waals surface area contributed by atoms with Gasteiger partial charge in [0.05, 0.1) is 5.92 Å². The first-order chi connectivity index (χ1) is 7.79. The second-order valence-electron chi connectivity index (χ2n) is 4.59. The number of hydrogen-bond acceptors (Lipinski definition) is 1. The van der Waals surface area contributed by atoms with Crippen molar-refractivity contribution in [3.8, 4) is 0 Å². The Labute approximate surface area is 102 Å². The lowest BCUT2D eigenvalue weighted by atomic mass is 9.77. The summed E-state index contributed by atoms with van der Waals surface area (Å²) in [5.41, 5.74) is 1.08. The fourth-order valence-corrected chi connectivity index (χ4v) is 3.02. The second kappa shape index (κ2) is 5.49. The van der Waals surface area contributed by atoms with Crippen molar-refractivity contribution < 1.29 is 4.79 Å². The molecule has 0 amide bonds. The first-order valence-corrected chi connectivity index (χ1v) is 6.41. The lowest BCUT2D eigenvalue weighted by Gasteiger charge is -2.28. The van der Waals surface area contributed by atoms with E-state index >= 15 is 0 Å². The van der Waals surface area contributed by atoms with Gasteiger partial charge in [0.2, 0.25) is 5.24 Å². The summed E-state index contributed by atoms with van der Waals surface area (Å²) in [6, 6.07) is 9.95. The summed E-state index contributed by atoms with van der Waals surface area (Å²) in [5.74, 6) is 0.351. The number of hydrogen-bond donors (Lipinski definition) is 0. The molecular weight excluding hydrogens is 220 g/mol. The summed E-state index contributed by atoms with van der Waals surface area (Å²) >= 11 is 5.77. The van der Waals surface area contributed by atoms with Crippen molar-refractivity contribution in [1.29, 1.82) is 0 Å². The molecule has 1 unspecified atom stereocenters. The van der Waals surface area contributed by atoms with E-state index in [4.69, 9.17) is 11.6 Å². The van der Waals surface area contributed by atoms with Crippen molar-refractivity contribution in [3.05, 3.63) is 35.9 Å². The van der Waals surface area contributed by atoms with Gasteiger partial charge in [0.15, 0.2) is 0 Å². The largest absolute Gasteiger partial charge is 0.281 e. The number of halogens is 1. The molecular formula is C14H17ClO. The van der Waals surface area contributed by atoms with E-state index in [0.717, 1.165) is 18.4 Å². The monoisotopic (exact) mass is 236 g/mol. The molecule has 1 fully saturated rings. The van der Waals surface area contributed by atoms with Gasteiger partial charge in [-0.05, 0) is 35.9 Å². The lowest BCUT2D eigenvalue weighted by Crippen LogP contribution is -2.21. The zero-order valence-electron chi connectivity index (χ0n) is 9.36. The third-order valence-electron chi connectivity index (χ3n) is 3.52. The Morgan fingerprint density at radius 2 is 1.75 bits per heavy atom. The fourth-order valence-electron chi connectivity index (χ4n) is 2.72. The molecule has 1 aliphatic carbocycles. The molecule has 1 aliphatic rings. The molecule has 0 bridgehead atoms. The minimum Gasteiger partial charge on any atom is -0.281 e. The normalized spacial score (nSPS) is 19.3. The van der Waals surface area contributed by atoms with Gasteiger partial charge in [0.1, 0.15) is 0 Å². The van der Waals surface area contributed by atoms with Gasteiger partial charge in [-0.1, -0.05) is 49.6 Å².